The molecule has 2 atom stereocenters. The summed E-state index contributed by atoms with van der Waals surface area (Å²) in [5.41, 5.74) is 0. The molecule has 1 saturated heterocycles. The van der Waals surface area contributed by atoms with Gasteiger partial charge in [0.15, 0.2) is 0 Å². The Labute approximate surface area is 134 Å². The molecule has 1 amide bonds. The molecule has 0 aromatic carbocycles. The van der Waals surface area contributed by atoms with Crippen LogP contribution in [0.1, 0.15) is 46.5 Å². The van der Waals surface area contributed by atoms with Gasteiger partial charge in [0.2, 0.25) is 5.91 Å². The van der Waals surface area contributed by atoms with Crippen molar-refractivity contribution >= 4 is 11.9 Å². The van der Waals surface area contributed by atoms with Crippen LogP contribution in [0, 0.1) is 5.92 Å². The van der Waals surface area contributed by atoms with Crippen molar-refractivity contribution in [3.05, 3.63) is 12.2 Å². The van der Waals surface area contributed by atoms with Gasteiger partial charge in [-0.1, -0.05) is 19.4 Å². The number of carbonyl (C=O) groups excluding carboxylic acids is 2. The molecule has 1 heterocycles. The van der Waals surface area contributed by atoms with E-state index in [0.717, 1.165) is 38.8 Å². The van der Waals surface area contributed by atoms with E-state index in [-0.39, 0.29) is 23.8 Å². The molecule has 5 nitrogen and oxygen atoms in total. The van der Waals surface area contributed by atoms with Gasteiger partial charge in [0.1, 0.15) is 0 Å². The van der Waals surface area contributed by atoms with E-state index < -0.39 is 0 Å². The van der Waals surface area contributed by atoms with Crippen LogP contribution in [-0.4, -0.2) is 49.1 Å². The van der Waals surface area contributed by atoms with E-state index in [9.17, 15) is 9.59 Å². The van der Waals surface area contributed by atoms with Crippen LogP contribution >= 0.6 is 0 Å². The summed E-state index contributed by atoms with van der Waals surface area (Å²) in [6.45, 7) is 8.79. The SMILES string of the molecule is CCCC(C)NC(=O)C1CCCN(C/C=C/C(=O)OCC)C1. The number of rotatable bonds is 8. The lowest BCUT2D eigenvalue weighted by Gasteiger charge is -2.31. The first-order valence-corrected chi connectivity index (χ1v) is 8.42. The van der Waals surface area contributed by atoms with Crippen molar-refractivity contribution in [2.75, 3.05) is 26.2 Å². The number of ether oxygens (including phenoxy) is 1. The predicted molar refractivity (Wildman–Crippen MR) is 87.4 cm³/mol. The molecule has 1 aliphatic heterocycles. The standard InChI is InChI=1S/C17H30N2O3/c1-4-8-14(3)18-17(21)15-9-6-11-19(13-15)12-7-10-16(20)22-5-2/h7,10,14-15H,4-6,8-9,11-13H2,1-3H3,(H,18,21)/b10-7+. The molecule has 0 radical (unpaired) electrons. The van der Waals surface area contributed by atoms with Gasteiger partial charge in [0, 0.05) is 25.2 Å². The first kappa shape index (κ1) is 18.7. The maximum atomic E-state index is 12.3. The van der Waals surface area contributed by atoms with Gasteiger partial charge in [-0.05, 0) is 39.7 Å². The van der Waals surface area contributed by atoms with E-state index in [0.29, 0.717) is 13.2 Å². The predicted octanol–water partition coefficient (Wildman–Crippen LogP) is 2.12. The number of esters is 1. The normalized spacial score (nSPS) is 20.8. The maximum Gasteiger partial charge on any atom is 0.330 e. The van der Waals surface area contributed by atoms with Gasteiger partial charge < -0.3 is 10.1 Å². The van der Waals surface area contributed by atoms with Crippen LogP contribution in [0.3, 0.4) is 0 Å². The van der Waals surface area contributed by atoms with Crippen molar-refractivity contribution in [3.8, 4) is 0 Å². The Morgan fingerprint density at radius 2 is 2.18 bits per heavy atom. The van der Waals surface area contributed by atoms with Gasteiger partial charge in [-0.15, -0.1) is 0 Å². The molecule has 0 aromatic heterocycles. The van der Waals surface area contributed by atoms with Crippen molar-refractivity contribution in [3.63, 3.8) is 0 Å². The van der Waals surface area contributed by atoms with Gasteiger partial charge in [-0.25, -0.2) is 4.79 Å². The number of likely N-dealkylation sites (tertiary alicyclic amines) is 1. The lowest BCUT2D eigenvalue weighted by molar-refractivity contribution is -0.137. The zero-order chi connectivity index (χ0) is 16.4. The molecule has 2 unspecified atom stereocenters. The van der Waals surface area contributed by atoms with Gasteiger partial charge in [0.05, 0.1) is 12.5 Å². The van der Waals surface area contributed by atoms with Crippen LogP contribution < -0.4 is 5.32 Å². The Hall–Kier alpha value is -1.36. The number of nitrogens with one attached hydrogen (secondary N) is 1. The van der Waals surface area contributed by atoms with Crippen LogP contribution in [-0.2, 0) is 14.3 Å². The molecule has 0 saturated carbocycles. The number of hydrogen-bond donors (Lipinski definition) is 1. The van der Waals surface area contributed by atoms with Crippen molar-refractivity contribution in [2.24, 2.45) is 5.92 Å². The monoisotopic (exact) mass is 310 g/mol. The topological polar surface area (TPSA) is 58.6 Å². The fourth-order valence-corrected chi connectivity index (χ4v) is 2.79. The summed E-state index contributed by atoms with van der Waals surface area (Å²) in [5.74, 6) is -0.0775. The quantitative estimate of drug-likeness (QED) is 0.551. The number of nitrogens with zero attached hydrogens (tertiary/aromatic N) is 1. The smallest absolute Gasteiger partial charge is 0.330 e. The Kier molecular flexibility index (Phi) is 8.82. The minimum absolute atomic E-state index is 0.0593. The van der Waals surface area contributed by atoms with Crippen LogP contribution in [0.4, 0.5) is 0 Å². The number of piperidine rings is 1. The average Bonchev–Trinajstić information content (AvgIpc) is 2.48. The summed E-state index contributed by atoms with van der Waals surface area (Å²) in [6.07, 6.45) is 7.35. The van der Waals surface area contributed by atoms with Gasteiger partial charge in [-0.2, -0.15) is 0 Å². The summed E-state index contributed by atoms with van der Waals surface area (Å²) in [6, 6.07) is 0.247. The molecule has 1 aliphatic rings. The number of amides is 1. The third-order valence-corrected chi connectivity index (χ3v) is 3.89. The maximum absolute atomic E-state index is 12.3. The summed E-state index contributed by atoms with van der Waals surface area (Å²) in [7, 11) is 0. The van der Waals surface area contributed by atoms with E-state index in [1.165, 1.54) is 6.08 Å². The summed E-state index contributed by atoms with van der Waals surface area (Å²) >= 11 is 0. The lowest BCUT2D eigenvalue weighted by Crippen LogP contribution is -2.45. The molecule has 0 bridgehead atoms. The highest BCUT2D eigenvalue weighted by atomic mass is 16.5. The van der Waals surface area contributed by atoms with E-state index in [2.05, 4.69) is 24.1 Å². The first-order valence-electron chi connectivity index (χ1n) is 8.42. The molecule has 0 aliphatic carbocycles. The molecule has 0 spiro atoms. The Bertz CT molecular complexity index is 382. The van der Waals surface area contributed by atoms with E-state index in [4.69, 9.17) is 4.74 Å². The second kappa shape index (κ2) is 10.4. The largest absolute Gasteiger partial charge is 0.463 e. The minimum atomic E-state index is -0.304. The molecule has 1 rings (SSSR count). The Morgan fingerprint density at radius 3 is 2.86 bits per heavy atom. The summed E-state index contributed by atoms with van der Waals surface area (Å²) in [5, 5.41) is 3.10. The summed E-state index contributed by atoms with van der Waals surface area (Å²) in [4.78, 5) is 25.7. The van der Waals surface area contributed by atoms with E-state index >= 15 is 0 Å². The second-order valence-corrected chi connectivity index (χ2v) is 5.95. The average molecular weight is 310 g/mol. The molecule has 0 aromatic rings. The van der Waals surface area contributed by atoms with Crippen molar-refractivity contribution in [2.45, 2.75) is 52.5 Å². The highest BCUT2D eigenvalue weighted by molar-refractivity contribution is 5.81. The summed E-state index contributed by atoms with van der Waals surface area (Å²) < 4.78 is 4.85. The van der Waals surface area contributed by atoms with Crippen LogP contribution in [0.15, 0.2) is 12.2 Å². The fourth-order valence-electron chi connectivity index (χ4n) is 2.79. The van der Waals surface area contributed by atoms with Crippen molar-refractivity contribution in [1.82, 2.24) is 10.2 Å². The highest BCUT2D eigenvalue weighted by Gasteiger charge is 2.25. The molecule has 126 valence electrons. The van der Waals surface area contributed by atoms with Gasteiger partial charge in [-0.3, -0.25) is 9.69 Å². The fraction of sp³-hybridized carbons (Fsp3) is 0.765. The number of hydrogen-bond acceptors (Lipinski definition) is 4. The molecular formula is C17H30N2O3. The Morgan fingerprint density at radius 1 is 1.41 bits per heavy atom. The van der Waals surface area contributed by atoms with Crippen molar-refractivity contribution in [1.29, 1.82) is 0 Å². The molecule has 1 fully saturated rings. The van der Waals surface area contributed by atoms with Crippen LogP contribution in [0.2, 0.25) is 0 Å². The zero-order valence-corrected chi connectivity index (χ0v) is 14.1. The van der Waals surface area contributed by atoms with Gasteiger partial charge >= 0.3 is 5.97 Å². The molecule has 5 heteroatoms. The Balaban J connectivity index is 2.37. The highest BCUT2D eigenvalue weighted by Crippen LogP contribution is 2.17. The van der Waals surface area contributed by atoms with E-state index in [1.54, 1.807) is 6.92 Å². The second-order valence-electron chi connectivity index (χ2n) is 5.95. The molecular weight excluding hydrogens is 280 g/mol. The van der Waals surface area contributed by atoms with Gasteiger partial charge in [0.25, 0.3) is 0 Å². The molecule has 22 heavy (non-hydrogen) atoms. The third-order valence-electron chi connectivity index (χ3n) is 3.89. The van der Waals surface area contributed by atoms with Crippen molar-refractivity contribution < 1.29 is 14.3 Å². The first-order chi connectivity index (χ1) is 10.6. The minimum Gasteiger partial charge on any atom is -0.463 e. The van der Waals surface area contributed by atoms with Crippen LogP contribution in [0.25, 0.3) is 0 Å². The third kappa shape index (κ3) is 7.07. The lowest BCUT2D eigenvalue weighted by atomic mass is 9.96. The molecule has 1 N–H and O–H groups in total. The number of carbonyl (C=O) groups is 2. The zero-order valence-electron chi connectivity index (χ0n) is 14.1. The van der Waals surface area contributed by atoms with Crippen LogP contribution in [0.5, 0.6) is 0 Å². The van der Waals surface area contributed by atoms with E-state index in [1.807, 2.05) is 6.08 Å².